The van der Waals surface area contributed by atoms with Gasteiger partial charge in [-0.15, -0.1) is 0 Å². The second kappa shape index (κ2) is 5.34. The van der Waals surface area contributed by atoms with E-state index in [1.807, 2.05) is 0 Å². The van der Waals surface area contributed by atoms with E-state index in [1.54, 1.807) is 31.4 Å². The number of rotatable bonds is 3. The molecule has 6 heteroatoms. The van der Waals surface area contributed by atoms with Crippen LogP contribution < -0.4 is 10.5 Å². The molecule has 0 spiro atoms. The van der Waals surface area contributed by atoms with Crippen LogP contribution in [0, 0.1) is 0 Å². The van der Waals surface area contributed by atoms with Crippen LogP contribution in [0.3, 0.4) is 0 Å². The van der Waals surface area contributed by atoms with E-state index in [2.05, 4.69) is 9.97 Å². The first kappa shape index (κ1) is 12.8. The summed E-state index contributed by atoms with van der Waals surface area (Å²) >= 11 is 0. The molecule has 0 aliphatic carbocycles. The van der Waals surface area contributed by atoms with E-state index >= 15 is 0 Å². The van der Waals surface area contributed by atoms with Crippen molar-refractivity contribution in [1.82, 2.24) is 9.97 Å². The number of hydrogen-bond donors (Lipinski definition) is 1. The molecule has 2 aromatic rings. The Morgan fingerprint density at radius 3 is 2.79 bits per heavy atom. The fraction of sp³-hybridized carbons (Fsp3) is 0.154. The molecule has 1 heterocycles. The molecule has 0 aliphatic rings. The normalized spacial score (nSPS) is 10.0. The van der Waals surface area contributed by atoms with Gasteiger partial charge in [0.2, 0.25) is 5.95 Å². The highest BCUT2D eigenvalue weighted by Gasteiger charge is 2.16. The quantitative estimate of drug-likeness (QED) is 0.841. The lowest BCUT2D eigenvalue weighted by Gasteiger charge is -2.08. The summed E-state index contributed by atoms with van der Waals surface area (Å²) in [5, 5.41) is 0. The van der Waals surface area contributed by atoms with Crippen LogP contribution in [0.2, 0.25) is 0 Å². The molecule has 0 atom stereocenters. The minimum atomic E-state index is -0.516. The van der Waals surface area contributed by atoms with Gasteiger partial charge in [-0.05, 0) is 12.1 Å². The molecular weight excluding hydrogens is 246 g/mol. The van der Waals surface area contributed by atoms with Crippen LogP contribution in [-0.2, 0) is 4.74 Å². The van der Waals surface area contributed by atoms with Crippen molar-refractivity contribution in [3.63, 3.8) is 0 Å². The van der Waals surface area contributed by atoms with Crippen molar-refractivity contribution < 1.29 is 14.3 Å². The molecule has 0 radical (unpaired) electrons. The van der Waals surface area contributed by atoms with Gasteiger partial charge in [0, 0.05) is 11.8 Å². The first-order valence-corrected chi connectivity index (χ1v) is 5.51. The summed E-state index contributed by atoms with van der Waals surface area (Å²) in [4.78, 5) is 19.6. The Morgan fingerprint density at radius 2 is 2.11 bits per heavy atom. The lowest BCUT2D eigenvalue weighted by molar-refractivity contribution is 0.0601. The number of methoxy groups -OCH3 is 2. The third-order valence-corrected chi connectivity index (χ3v) is 2.56. The maximum atomic E-state index is 11.7. The Balaban J connectivity index is 2.59. The third kappa shape index (κ3) is 2.62. The van der Waals surface area contributed by atoms with Crippen LogP contribution in [0.5, 0.6) is 5.75 Å². The molecule has 0 unspecified atom stereocenters. The molecular formula is C13H13N3O3. The van der Waals surface area contributed by atoms with Crippen molar-refractivity contribution in [3.05, 3.63) is 36.0 Å². The molecule has 0 bridgehead atoms. The minimum absolute atomic E-state index is 0.0884. The van der Waals surface area contributed by atoms with Crippen LogP contribution in [0.1, 0.15) is 10.4 Å². The average molecular weight is 259 g/mol. The summed E-state index contributed by atoms with van der Waals surface area (Å²) in [7, 11) is 2.86. The molecule has 0 aliphatic heterocycles. The number of ether oxygens (including phenoxy) is 2. The Bertz CT molecular complexity index is 614. The van der Waals surface area contributed by atoms with Gasteiger partial charge in [0.25, 0.3) is 0 Å². The van der Waals surface area contributed by atoms with Gasteiger partial charge in [0.05, 0.1) is 19.9 Å². The van der Waals surface area contributed by atoms with Crippen LogP contribution in [0.15, 0.2) is 30.5 Å². The van der Waals surface area contributed by atoms with Crippen molar-refractivity contribution >= 4 is 11.9 Å². The molecule has 19 heavy (non-hydrogen) atoms. The summed E-state index contributed by atoms with van der Waals surface area (Å²) < 4.78 is 9.85. The number of anilines is 1. The van der Waals surface area contributed by atoms with Gasteiger partial charge in [-0.3, -0.25) is 0 Å². The molecule has 6 nitrogen and oxygen atoms in total. The molecule has 2 rings (SSSR count). The Hall–Kier alpha value is -2.63. The van der Waals surface area contributed by atoms with Crippen molar-refractivity contribution in [3.8, 4) is 17.0 Å². The monoisotopic (exact) mass is 259 g/mol. The predicted molar refractivity (Wildman–Crippen MR) is 69.8 cm³/mol. The summed E-state index contributed by atoms with van der Waals surface area (Å²) in [6.07, 6.45) is 1.35. The van der Waals surface area contributed by atoms with E-state index in [9.17, 15) is 4.79 Å². The topological polar surface area (TPSA) is 87.3 Å². The second-order valence-electron chi connectivity index (χ2n) is 3.71. The maximum absolute atomic E-state index is 11.7. The number of carbonyl (C=O) groups excluding carboxylic acids is 1. The van der Waals surface area contributed by atoms with Gasteiger partial charge < -0.3 is 15.2 Å². The number of carbonyl (C=O) groups is 1. The molecule has 2 N–H and O–H groups in total. The lowest BCUT2D eigenvalue weighted by atomic mass is 10.1. The largest absolute Gasteiger partial charge is 0.497 e. The van der Waals surface area contributed by atoms with Crippen LogP contribution in [0.25, 0.3) is 11.3 Å². The zero-order valence-electron chi connectivity index (χ0n) is 10.6. The minimum Gasteiger partial charge on any atom is -0.497 e. The van der Waals surface area contributed by atoms with Crippen molar-refractivity contribution in [2.24, 2.45) is 0 Å². The third-order valence-electron chi connectivity index (χ3n) is 2.56. The molecule has 0 amide bonds. The number of esters is 1. The number of nitrogen functional groups attached to an aromatic ring is 1. The fourth-order valence-corrected chi connectivity index (χ4v) is 1.65. The van der Waals surface area contributed by atoms with Gasteiger partial charge in [-0.25, -0.2) is 14.8 Å². The molecule has 1 aromatic heterocycles. The van der Waals surface area contributed by atoms with E-state index in [1.165, 1.54) is 13.3 Å². The summed E-state index contributed by atoms with van der Waals surface area (Å²) in [6, 6.07) is 7.16. The average Bonchev–Trinajstić information content (AvgIpc) is 2.46. The molecule has 1 aromatic carbocycles. The molecule has 0 fully saturated rings. The predicted octanol–water partition coefficient (Wildman–Crippen LogP) is 1.52. The van der Waals surface area contributed by atoms with E-state index < -0.39 is 5.97 Å². The standard InChI is InChI=1S/C13H13N3O3/c1-18-9-5-3-4-8(6-9)11-10(12(17)19-2)7-15-13(14)16-11/h3-7H,1-2H3,(H2,14,15,16). The van der Waals surface area contributed by atoms with Crippen LogP contribution in [0.4, 0.5) is 5.95 Å². The van der Waals surface area contributed by atoms with Crippen molar-refractivity contribution in [2.45, 2.75) is 0 Å². The van der Waals surface area contributed by atoms with Crippen molar-refractivity contribution in [2.75, 3.05) is 20.0 Å². The Labute approximate surface area is 110 Å². The second-order valence-corrected chi connectivity index (χ2v) is 3.71. The number of benzene rings is 1. The lowest BCUT2D eigenvalue weighted by Crippen LogP contribution is -2.08. The van der Waals surface area contributed by atoms with Crippen molar-refractivity contribution in [1.29, 1.82) is 0 Å². The highest BCUT2D eigenvalue weighted by molar-refractivity contribution is 5.96. The zero-order chi connectivity index (χ0) is 13.8. The maximum Gasteiger partial charge on any atom is 0.341 e. The Morgan fingerprint density at radius 1 is 1.32 bits per heavy atom. The number of aromatic nitrogens is 2. The summed E-state index contributed by atoms with van der Waals surface area (Å²) in [5.41, 5.74) is 6.94. The van der Waals surface area contributed by atoms with Gasteiger partial charge in [0.1, 0.15) is 11.3 Å². The van der Waals surface area contributed by atoms with Crippen LogP contribution in [-0.4, -0.2) is 30.2 Å². The number of hydrogen-bond acceptors (Lipinski definition) is 6. The summed E-state index contributed by atoms with van der Waals surface area (Å²) in [6.45, 7) is 0. The first-order valence-electron chi connectivity index (χ1n) is 5.51. The highest BCUT2D eigenvalue weighted by atomic mass is 16.5. The number of nitrogens with two attached hydrogens (primary N) is 1. The highest BCUT2D eigenvalue weighted by Crippen LogP contribution is 2.25. The van der Waals surface area contributed by atoms with Gasteiger partial charge in [0.15, 0.2) is 0 Å². The summed E-state index contributed by atoms with van der Waals surface area (Å²) in [5.74, 6) is 0.230. The first-order chi connectivity index (χ1) is 9.15. The van der Waals surface area contributed by atoms with Gasteiger partial charge >= 0.3 is 5.97 Å². The SMILES string of the molecule is COC(=O)c1cnc(N)nc1-c1cccc(OC)c1. The van der Waals surface area contributed by atoms with E-state index in [0.29, 0.717) is 17.0 Å². The van der Waals surface area contributed by atoms with E-state index in [-0.39, 0.29) is 11.5 Å². The Kier molecular flexibility index (Phi) is 3.61. The van der Waals surface area contributed by atoms with Crippen LogP contribution >= 0.6 is 0 Å². The molecule has 0 saturated carbocycles. The van der Waals surface area contributed by atoms with Gasteiger partial charge in [-0.2, -0.15) is 0 Å². The van der Waals surface area contributed by atoms with Gasteiger partial charge in [-0.1, -0.05) is 12.1 Å². The molecule has 98 valence electrons. The fourth-order valence-electron chi connectivity index (χ4n) is 1.65. The van der Waals surface area contributed by atoms with E-state index in [0.717, 1.165) is 0 Å². The van der Waals surface area contributed by atoms with E-state index in [4.69, 9.17) is 15.2 Å². The molecule has 0 saturated heterocycles. The smallest absolute Gasteiger partial charge is 0.341 e. The number of nitrogens with zero attached hydrogens (tertiary/aromatic N) is 2. The zero-order valence-corrected chi connectivity index (χ0v) is 10.6.